The van der Waals surface area contributed by atoms with Gasteiger partial charge in [0.2, 0.25) is 11.9 Å². The molecule has 8 heteroatoms. The Bertz CT molecular complexity index is 714. The highest BCUT2D eigenvalue weighted by atomic mass is 16.5. The summed E-state index contributed by atoms with van der Waals surface area (Å²) < 4.78 is 10.5. The molecule has 1 N–H and O–H groups in total. The van der Waals surface area contributed by atoms with Gasteiger partial charge < -0.3 is 19.5 Å². The maximum atomic E-state index is 12.7. The first kappa shape index (κ1) is 18.3. The number of carbonyl (C=O) groups is 1. The van der Waals surface area contributed by atoms with Crippen LogP contribution in [0.1, 0.15) is 17.0 Å². The molecule has 0 spiro atoms. The van der Waals surface area contributed by atoms with Crippen molar-refractivity contribution in [2.24, 2.45) is 11.8 Å². The van der Waals surface area contributed by atoms with Crippen LogP contribution >= 0.6 is 0 Å². The van der Waals surface area contributed by atoms with Crippen LogP contribution in [-0.4, -0.2) is 54.4 Å². The van der Waals surface area contributed by atoms with E-state index in [1.165, 1.54) is 0 Å². The molecule has 0 bridgehead atoms. The van der Waals surface area contributed by atoms with Crippen LogP contribution in [0.5, 0.6) is 0 Å². The summed E-state index contributed by atoms with van der Waals surface area (Å²) in [4.78, 5) is 23.4. The molecular weight excluding hydrogens is 334 g/mol. The molecule has 2 aromatic rings. The van der Waals surface area contributed by atoms with E-state index in [0.717, 1.165) is 17.0 Å². The number of hydrogen-bond donors (Lipinski definition) is 1. The molecule has 140 valence electrons. The van der Waals surface area contributed by atoms with Gasteiger partial charge in [0.05, 0.1) is 18.2 Å². The van der Waals surface area contributed by atoms with Crippen molar-refractivity contribution in [1.29, 1.82) is 0 Å². The number of ether oxygens (including phenoxy) is 1. The smallest absolute Gasteiger partial charge is 0.225 e. The standard InChI is InChI=1S/C18H25N5O3/c1-12-15(13(2)26-22-12)5-8-19-17(24)16-10-23(9-14(16)11-25-3)18-20-6-4-7-21-18/h4,6-7,14,16H,5,8-11H2,1-3H3,(H,19,24). The molecule has 2 atom stereocenters. The number of aromatic nitrogens is 3. The van der Waals surface area contributed by atoms with E-state index in [9.17, 15) is 4.79 Å². The van der Waals surface area contributed by atoms with Crippen LogP contribution in [0.4, 0.5) is 5.95 Å². The van der Waals surface area contributed by atoms with E-state index in [-0.39, 0.29) is 17.7 Å². The van der Waals surface area contributed by atoms with Gasteiger partial charge in [0, 0.05) is 50.6 Å². The van der Waals surface area contributed by atoms with Crippen LogP contribution in [0.25, 0.3) is 0 Å². The molecule has 1 amide bonds. The van der Waals surface area contributed by atoms with Gasteiger partial charge in [-0.1, -0.05) is 5.16 Å². The number of hydrogen-bond acceptors (Lipinski definition) is 7. The Labute approximate surface area is 152 Å². The fraction of sp³-hybridized carbons (Fsp3) is 0.556. The summed E-state index contributed by atoms with van der Waals surface area (Å²) in [6.07, 6.45) is 4.13. The number of carbonyl (C=O) groups excluding carboxylic acids is 1. The van der Waals surface area contributed by atoms with Gasteiger partial charge in [-0.15, -0.1) is 0 Å². The normalized spacial score (nSPS) is 19.7. The lowest BCUT2D eigenvalue weighted by Crippen LogP contribution is -2.37. The Balaban J connectivity index is 1.59. The average molecular weight is 359 g/mol. The predicted octanol–water partition coefficient (Wildman–Crippen LogP) is 1.14. The van der Waals surface area contributed by atoms with Crippen LogP contribution in [-0.2, 0) is 16.0 Å². The van der Waals surface area contributed by atoms with E-state index in [1.807, 2.05) is 18.7 Å². The minimum atomic E-state index is -0.150. The molecule has 0 aromatic carbocycles. The van der Waals surface area contributed by atoms with Crippen molar-refractivity contribution < 1.29 is 14.1 Å². The average Bonchev–Trinajstić information content (AvgIpc) is 3.21. The number of nitrogens with zero attached hydrogens (tertiary/aromatic N) is 4. The molecule has 1 aliphatic rings. The molecule has 8 nitrogen and oxygen atoms in total. The third-order valence-corrected chi connectivity index (χ3v) is 4.85. The van der Waals surface area contributed by atoms with Crippen molar-refractivity contribution >= 4 is 11.9 Å². The predicted molar refractivity (Wildman–Crippen MR) is 95.8 cm³/mol. The zero-order valence-corrected chi connectivity index (χ0v) is 15.4. The van der Waals surface area contributed by atoms with Gasteiger partial charge in [-0.2, -0.15) is 0 Å². The molecule has 0 aliphatic carbocycles. The van der Waals surface area contributed by atoms with Crippen LogP contribution in [0.3, 0.4) is 0 Å². The first-order chi connectivity index (χ1) is 12.6. The third-order valence-electron chi connectivity index (χ3n) is 4.85. The first-order valence-corrected chi connectivity index (χ1v) is 8.80. The second-order valence-electron chi connectivity index (χ2n) is 6.62. The molecule has 0 radical (unpaired) electrons. The van der Waals surface area contributed by atoms with E-state index in [4.69, 9.17) is 9.26 Å². The monoisotopic (exact) mass is 359 g/mol. The molecule has 3 heterocycles. The molecule has 0 saturated carbocycles. The van der Waals surface area contributed by atoms with Gasteiger partial charge in [0.25, 0.3) is 0 Å². The van der Waals surface area contributed by atoms with Crippen LogP contribution in [0.2, 0.25) is 0 Å². The molecule has 1 aliphatic heterocycles. The van der Waals surface area contributed by atoms with Crippen molar-refractivity contribution in [3.63, 3.8) is 0 Å². The summed E-state index contributed by atoms with van der Waals surface area (Å²) in [5.74, 6) is 1.46. The lowest BCUT2D eigenvalue weighted by atomic mass is 9.96. The van der Waals surface area contributed by atoms with Gasteiger partial charge in [-0.25, -0.2) is 9.97 Å². The quantitative estimate of drug-likeness (QED) is 0.792. The Hall–Kier alpha value is -2.48. The molecule has 2 aromatic heterocycles. The Morgan fingerprint density at radius 3 is 2.77 bits per heavy atom. The molecule has 26 heavy (non-hydrogen) atoms. The van der Waals surface area contributed by atoms with Crippen LogP contribution in [0, 0.1) is 25.7 Å². The van der Waals surface area contributed by atoms with E-state index in [1.54, 1.807) is 25.6 Å². The summed E-state index contributed by atoms with van der Waals surface area (Å²) in [5.41, 5.74) is 1.94. The Morgan fingerprint density at radius 2 is 2.12 bits per heavy atom. The van der Waals surface area contributed by atoms with E-state index in [0.29, 0.717) is 38.6 Å². The van der Waals surface area contributed by atoms with Crippen molar-refractivity contribution in [1.82, 2.24) is 20.4 Å². The molecule has 3 rings (SSSR count). The largest absolute Gasteiger partial charge is 0.384 e. The number of aryl methyl sites for hydroxylation is 2. The van der Waals surface area contributed by atoms with E-state index < -0.39 is 0 Å². The van der Waals surface area contributed by atoms with Crippen molar-refractivity contribution in [2.45, 2.75) is 20.3 Å². The Morgan fingerprint density at radius 1 is 1.35 bits per heavy atom. The highest BCUT2D eigenvalue weighted by molar-refractivity contribution is 5.80. The summed E-state index contributed by atoms with van der Waals surface area (Å²) in [6, 6.07) is 1.78. The molecule has 1 saturated heterocycles. The first-order valence-electron chi connectivity index (χ1n) is 8.80. The fourth-order valence-electron chi connectivity index (χ4n) is 3.47. The number of methoxy groups -OCH3 is 1. The van der Waals surface area contributed by atoms with Crippen molar-refractivity contribution in [3.8, 4) is 0 Å². The summed E-state index contributed by atoms with van der Waals surface area (Å²) in [5, 5.41) is 6.99. The zero-order chi connectivity index (χ0) is 18.5. The zero-order valence-electron chi connectivity index (χ0n) is 15.4. The van der Waals surface area contributed by atoms with Gasteiger partial charge >= 0.3 is 0 Å². The maximum absolute atomic E-state index is 12.7. The number of nitrogens with one attached hydrogen (secondary N) is 1. The van der Waals surface area contributed by atoms with Gasteiger partial charge in [-0.05, 0) is 26.3 Å². The summed E-state index contributed by atoms with van der Waals surface area (Å²) in [7, 11) is 1.66. The van der Waals surface area contributed by atoms with Crippen LogP contribution < -0.4 is 10.2 Å². The fourth-order valence-corrected chi connectivity index (χ4v) is 3.47. The number of rotatable bonds is 7. The second kappa shape index (κ2) is 8.27. The summed E-state index contributed by atoms with van der Waals surface area (Å²) >= 11 is 0. The second-order valence-corrected chi connectivity index (χ2v) is 6.62. The van der Waals surface area contributed by atoms with Crippen molar-refractivity contribution in [3.05, 3.63) is 35.5 Å². The lowest BCUT2D eigenvalue weighted by Gasteiger charge is -2.16. The highest BCUT2D eigenvalue weighted by Gasteiger charge is 2.38. The maximum Gasteiger partial charge on any atom is 0.225 e. The lowest BCUT2D eigenvalue weighted by molar-refractivity contribution is -0.126. The van der Waals surface area contributed by atoms with E-state index >= 15 is 0 Å². The number of amides is 1. The Kier molecular flexibility index (Phi) is 5.82. The highest BCUT2D eigenvalue weighted by Crippen LogP contribution is 2.26. The van der Waals surface area contributed by atoms with Gasteiger partial charge in [0.1, 0.15) is 5.76 Å². The van der Waals surface area contributed by atoms with E-state index in [2.05, 4.69) is 20.4 Å². The molecule has 2 unspecified atom stereocenters. The topological polar surface area (TPSA) is 93.4 Å². The minimum Gasteiger partial charge on any atom is -0.384 e. The summed E-state index contributed by atoms with van der Waals surface area (Å²) in [6.45, 7) is 6.19. The molecule has 1 fully saturated rings. The third kappa shape index (κ3) is 4.01. The van der Waals surface area contributed by atoms with Gasteiger partial charge in [-0.3, -0.25) is 4.79 Å². The molecular formula is C18H25N5O3. The SMILES string of the molecule is COCC1CN(c2ncccn2)CC1C(=O)NCCc1c(C)noc1C. The van der Waals surface area contributed by atoms with Crippen molar-refractivity contribution in [2.75, 3.05) is 38.3 Å². The number of anilines is 1. The minimum absolute atomic E-state index is 0.0391. The van der Waals surface area contributed by atoms with Crippen LogP contribution in [0.15, 0.2) is 23.0 Å². The van der Waals surface area contributed by atoms with Gasteiger partial charge in [0.15, 0.2) is 0 Å².